The third-order valence-corrected chi connectivity index (χ3v) is 4.60. The first-order valence-corrected chi connectivity index (χ1v) is 7.81. The van der Waals surface area contributed by atoms with Crippen LogP contribution in [0.2, 0.25) is 0 Å². The van der Waals surface area contributed by atoms with Crippen LogP contribution in [0.1, 0.15) is 35.4 Å². The van der Waals surface area contributed by atoms with Crippen LogP contribution in [-0.4, -0.2) is 38.5 Å². The Morgan fingerprint density at radius 3 is 2.71 bits per heavy atom. The number of hydrogen-bond donors (Lipinski definition) is 1. The van der Waals surface area contributed by atoms with Gasteiger partial charge in [-0.2, -0.15) is 5.10 Å². The van der Waals surface area contributed by atoms with Crippen LogP contribution in [-0.2, 0) is 23.2 Å². The largest absolute Gasteiger partial charge is 0.444 e. The minimum Gasteiger partial charge on any atom is -0.444 e. The summed E-state index contributed by atoms with van der Waals surface area (Å²) in [7, 11) is 3.57. The highest BCUT2D eigenvalue weighted by Crippen LogP contribution is 2.38. The number of rotatable bonds is 4. The van der Waals surface area contributed by atoms with Crippen LogP contribution >= 0.6 is 0 Å². The van der Waals surface area contributed by atoms with E-state index in [1.165, 1.54) is 0 Å². The van der Waals surface area contributed by atoms with Gasteiger partial charge in [-0.05, 0) is 13.8 Å². The summed E-state index contributed by atoms with van der Waals surface area (Å²) in [5.74, 6) is 0.458. The topological polar surface area (TPSA) is 93.3 Å². The third kappa shape index (κ3) is 2.79. The van der Waals surface area contributed by atoms with Gasteiger partial charge < -0.3 is 14.6 Å². The standard InChI is InChI=1S/C16H21N5O3/c1-9-6-17-13(24-9)8-18-16(23)11-5-14(22)20(3)15(11)12-7-19-21(4)10(12)2/h6-7,11,15H,5,8H2,1-4H3,(H,18,23)/t11-,15-/m0/s1. The lowest BCUT2D eigenvalue weighted by molar-refractivity contribution is -0.128. The molecule has 0 radical (unpaired) electrons. The van der Waals surface area contributed by atoms with E-state index in [0.717, 1.165) is 11.3 Å². The van der Waals surface area contributed by atoms with Gasteiger partial charge in [0, 0.05) is 31.8 Å². The van der Waals surface area contributed by atoms with Crippen molar-refractivity contribution in [3.05, 3.63) is 35.3 Å². The lowest BCUT2D eigenvalue weighted by Crippen LogP contribution is -2.34. The zero-order valence-electron chi connectivity index (χ0n) is 14.2. The highest BCUT2D eigenvalue weighted by molar-refractivity contribution is 5.90. The second-order valence-electron chi connectivity index (χ2n) is 6.15. The molecule has 1 saturated heterocycles. The van der Waals surface area contributed by atoms with E-state index in [9.17, 15) is 9.59 Å². The molecule has 2 aromatic heterocycles. The van der Waals surface area contributed by atoms with E-state index in [2.05, 4.69) is 15.4 Å². The van der Waals surface area contributed by atoms with Crippen LogP contribution in [0.3, 0.4) is 0 Å². The first kappa shape index (κ1) is 16.2. The van der Waals surface area contributed by atoms with Gasteiger partial charge in [0.05, 0.1) is 30.9 Å². The fraction of sp³-hybridized carbons (Fsp3) is 0.500. The second kappa shape index (κ2) is 6.10. The van der Waals surface area contributed by atoms with Crippen molar-refractivity contribution in [1.82, 2.24) is 25.0 Å². The Bertz CT molecular complexity index is 779. The van der Waals surface area contributed by atoms with E-state index in [-0.39, 0.29) is 30.8 Å². The van der Waals surface area contributed by atoms with Crippen molar-refractivity contribution in [1.29, 1.82) is 0 Å². The molecule has 2 atom stereocenters. The van der Waals surface area contributed by atoms with E-state index in [4.69, 9.17) is 4.42 Å². The maximum atomic E-state index is 12.6. The average molecular weight is 331 g/mol. The highest BCUT2D eigenvalue weighted by Gasteiger charge is 2.43. The van der Waals surface area contributed by atoms with Crippen LogP contribution in [0.15, 0.2) is 16.8 Å². The predicted octanol–water partition coefficient (Wildman–Crippen LogP) is 0.861. The molecule has 2 aromatic rings. The van der Waals surface area contributed by atoms with Crippen LogP contribution in [0.25, 0.3) is 0 Å². The predicted molar refractivity (Wildman–Crippen MR) is 84.6 cm³/mol. The number of amides is 2. The van der Waals surface area contributed by atoms with Gasteiger partial charge in [-0.25, -0.2) is 4.98 Å². The molecular weight excluding hydrogens is 310 g/mol. The minimum atomic E-state index is -0.457. The summed E-state index contributed by atoms with van der Waals surface area (Å²) in [6, 6.07) is -0.308. The molecule has 1 aliphatic heterocycles. The fourth-order valence-electron chi connectivity index (χ4n) is 3.11. The lowest BCUT2D eigenvalue weighted by Gasteiger charge is -2.24. The zero-order valence-corrected chi connectivity index (χ0v) is 14.2. The summed E-state index contributed by atoms with van der Waals surface area (Å²) in [6.45, 7) is 3.94. The van der Waals surface area contributed by atoms with E-state index in [1.807, 2.05) is 14.0 Å². The number of aromatic nitrogens is 3. The molecule has 128 valence electrons. The third-order valence-electron chi connectivity index (χ3n) is 4.60. The highest BCUT2D eigenvalue weighted by atomic mass is 16.4. The van der Waals surface area contributed by atoms with Gasteiger partial charge in [0.15, 0.2) is 0 Å². The average Bonchev–Trinajstić information content (AvgIpc) is 3.19. The van der Waals surface area contributed by atoms with E-state index < -0.39 is 5.92 Å². The molecule has 0 unspecified atom stereocenters. The monoisotopic (exact) mass is 331 g/mol. The Morgan fingerprint density at radius 1 is 1.38 bits per heavy atom. The molecule has 0 spiro atoms. The lowest BCUT2D eigenvalue weighted by atomic mass is 9.93. The molecule has 0 aliphatic carbocycles. The summed E-state index contributed by atoms with van der Waals surface area (Å²) < 4.78 is 7.10. The summed E-state index contributed by atoms with van der Waals surface area (Å²) >= 11 is 0. The number of nitrogens with one attached hydrogen (secondary N) is 1. The number of aryl methyl sites for hydroxylation is 2. The normalized spacial score (nSPS) is 20.7. The molecule has 8 nitrogen and oxygen atoms in total. The Kier molecular flexibility index (Phi) is 4.13. The molecule has 0 aromatic carbocycles. The van der Waals surface area contributed by atoms with Gasteiger partial charge in [0.25, 0.3) is 0 Å². The summed E-state index contributed by atoms with van der Waals surface area (Å²) in [5.41, 5.74) is 1.85. The van der Waals surface area contributed by atoms with Gasteiger partial charge >= 0.3 is 0 Å². The van der Waals surface area contributed by atoms with Crippen LogP contribution < -0.4 is 5.32 Å². The maximum absolute atomic E-state index is 12.6. The van der Waals surface area contributed by atoms with Crippen molar-refractivity contribution in [2.24, 2.45) is 13.0 Å². The number of likely N-dealkylation sites (tertiary alicyclic amines) is 1. The Morgan fingerprint density at radius 2 is 2.12 bits per heavy atom. The second-order valence-corrected chi connectivity index (χ2v) is 6.15. The van der Waals surface area contributed by atoms with Crippen LogP contribution in [0, 0.1) is 19.8 Å². The summed E-state index contributed by atoms with van der Waals surface area (Å²) in [5, 5.41) is 7.05. The molecule has 8 heteroatoms. The van der Waals surface area contributed by atoms with Crippen LogP contribution in [0.5, 0.6) is 0 Å². The smallest absolute Gasteiger partial charge is 0.226 e. The van der Waals surface area contributed by atoms with E-state index >= 15 is 0 Å². The molecule has 0 bridgehead atoms. The molecular formula is C16H21N5O3. The van der Waals surface area contributed by atoms with Crippen molar-refractivity contribution in [2.75, 3.05) is 7.05 Å². The van der Waals surface area contributed by atoms with Crippen molar-refractivity contribution >= 4 is 11.8 Å². The van der Waals surface area contributed by atoms with Crippen molar-refractivity contribution in [3.63, 3.8) is 0 Å². The van der Waals surface area contributed by atoms with Gasteiger partial charge in [-0.15, -0.1) is 0 Å². The van der Waals surface area contributed by atoms with Crippen molar-refractivity contribution in [3.8, 4) is 0 Å². The van der Waals surface area contributed by atoms with Gasteiger partial charge in [0.1, 0.15) is 5.76 Å². The van der Waals surface area contributed by atoms with Crippen LogP contribution in [0.4, 0.5) is 0 Å². The molecule has 2 amide bonds. The van der Waals surface area contributed by atoms with Crippen molar-refractivity contribution < 1.29 is 14.0 Å². The summed E-state index contributed by atoms with van der Waals surface area (Å²) in [6.07, 6.45) is 3.52. The number of carbonyl (C=O) groups is 2. The number of hydrogen-bond acceptors (Lipinski definition) is 5. The molecule has 1 aliphatic rings. The first-order chi connectivity index (χ1) is 11.4. The zero-order chi connectivity index (χ0) is 17.4. The van der Waals surface area contributed by atoms with Gasteiger partial charge in [-0.1, -0.05) is 0 Å². The SMILES string of the molecule is Cc1cnc(CNC(=O)[C@H]2CC(=O)N(C)[C@@H]2c2cnn(C)c2C)o1. The van der Waals surface area contributed by atoms with E-state index in [0.29, 0.717) is 11.7 Å². The number of nitrogens with zero attached hydrogens (tertiary/aromatic N) is 4. The molecule has 1 N–H and O–H groups in total. The molecule has 24 heavy (non-hydrogen) atoms. The Hall–Kier alpha value is -2.64. The summed E-state index contributed by atoms with van der Waals surface area (Å²) in [4.78, 5) is 30.5. The van der Waals surface area contributed by atoms with Gasteiger partial charge in [-0.3, -0.25) is 14.3 Å². The minimum absolute atomic E-state index is 0.0460. The number of oxazole rings is 1. The molecule has 1 fully saturated rings. The molecule has 3 heterocycles. The molecule has 3 rings (SSSR count). The van der Waals surface area contributed by atoms with Gasteiger partial charge in [0.2, 0.25) is 17.7 Å². The number of carbonyl (C=O) groups excluding carboxylic acids is 2. The molecule has 0 saturated carbocycles. The quantitative estimate of drug-likeness (QED) is 0.897. The first-order valence-electron chi connectivity index (χ1n) is 7.81. The Balaban J connectivity index is 1.78. The van der Waals surface area contributed by atoms with Crippen molar-refractivity contribution in [2.45, 2.75) is 32.9 Å². The fourth-order valence-corrected chi connectivity index (χ4v) is 3.11. The Labute approximate surface area is 139 Å². The maximum Gasteiger partial charge on any atom is 0.226 e. The van der Waals surface area contributed by atoms with E-state index in [1.54, 1.807) is 35.9 Å².